The number of methoxy groups -OCH3 is 1. The van der Waals surface area contributed by atoms with Crippen LogP contribution in [0.1, 0.15) is 43.0 Å². The third-order valence-electron chi connectivity index (χ3n) is 4.88. The van der Waals surface area contributed by atoms with Crippen molar-refractivity contribution < 1.29 is 17.9 Å². The van der Waals surface area contributed by atoms with E-state index in [0.717, 1.165) is 35.1 Å². The summed E-state index contributed by atoms with van der Waals surface area (Å²) in [6, 6.07) is 12.9. The molecule has 0 radical (unpaired) electrons. The Bertz CT molecular complexity index is 969. The van der Waals surface area contributed by atoms with E-state index in [-0.39, 0.29) is 18.5 Å². The molecule has 1 atom stereocenters. The second-order valence-corrected chi connectivity index (χ2v) is 9.99. The highest BCUT2D eigenvalue weighted by molar-refractivity contribution is 7.92. The summed E-state index contributed by atoms with van der Waals surface area (Å²) in [5.41, 5.74) is 3.21. The molecular formula is C23H32N2O4S. The molecule has 0 saturated heterocycles. The van der Waals surface area contributed by atoms with Crippen molar-refractivity contribution in [1.82, 2.24) is 5.32 Å². The van der Waals surface area contributed by atoms with Gasteiger partial charge in [-0.25, -0.2) is 8.42 Å². The monoisotopic (exact) mass is 432 g/mol. The standard InChI is InChI=1S/C23H32N2O4S/c1-16(2)13-21(19-9-11-20(29-5)12-10-19)24-23(26)15-25(30(6,27)28)22-14-17(3)7-8-18(22)4/h7-12,14,16,21H,13,15H2,1-6H3,(H,24,26). The van der Waals surface area contributed by atoms with Gasteiger partial charge in [0.15, 0.2) is 0 Å². The lowest BCUT2D eigenvalue weighted by molar-refractivity contribution is -0.120. The zero-order valence-corrected chi connectivity index (χ0v) is 19.4. The Morgan fingerprint density at radius 1 is 1.10 bits per heavy atom. The van der Waals surface area contributed by atoms with E-state index < -0.39 is 10.0 Å². The van der Waals surface area contributed by atoms with E-state index >= 15 is 0 Å². The van der Waals surface area contributed by atoms with Gasteiger partial charge in [0.1, 0.15) is 12.3 Å². The van der Waals surface area contributed by atoms with E-state index in [4.69, 9.17) is 4.74 Å². The molecule has 30 heavy (non-hydrogen) atoms. The first kappa shape index (κ1) is 23.7. The van der Waals surface area contributed by atoms with Crippen molar-refractivity contribution in [2.24, 2.45) is 5.92 Å². The molecule has 164 valence electrons. The van der Waals surface area contributed by atoms with Gasteiger partial charge in [0.25, 0.3) is 0 Å². The van der Waals surface area contributed by atoms with Crippen molar-refractivity contribution in [3.63, 3.8) is 0 Å². The van der Waals surface area contributed by atoms with Gasteiger partial charge in [-0.05, 0) is 61.1 Å². The van der Waals surface area contributed by atoms with E-state index in [9.17, 15) is 13.2 Å². The highest BCUT2D eigenvalue weighted by Gasteiger charge is 2.24. The van der Waals surface area contributed by atoms with Crippen LogP contribution in [0.3, 0.4) is 0 Å². The lowest BCUT2D eigenvalue weighted by Crippen LogP contribution is -2.42. The van der Waals surface area contributed by atoms with Crippen LogP contribution >= 0.6 is 0 Å². The van der Waals surface area contributed by atoms with Gasteiger partial charge in [-0.3, -0.25) is 9.10 Å². The molecule has 0 spiro atoms. The molecule has 6 nitrogen and oxygen atoms in total. The molecule has 0 aliphatic rings. The van der Waals surface area contributed by atoms with E-state index in [2.05, 4.69) is 19.2 Å². The first-order valence-electron chi connectivity index (χ1n) is 9.99. The Morgan fingerprint density at radius 2 is 1.73 bits per heavy atom. The Kier molecular flexibility index (Phi) is 7.89. The average molecular weight is 433 g/mol. The molecule has 1 unspecified atom stereocenters. The van der Waals surface area contributed by atoms with Crippen molar-refractivity contribution >= 4 is 21.6 Å². The normalized spacial score (nSPS) is 12.5. The number of rotatable bonds is 9. The number of carbonyl (C=O) groups excluding carboxylic acids is 1. The number of nitrogens with one attached hydrogen (secondary N) is 1. The second kappa shape index (κ2) is 9.98. The van der Waals surface area contributed by atoms with Crippen molar-refractivity contribution in [1.29, 1.82) is 0 Å². The SMILES string of the molecule is COc1ccc(C(CC(C)C)NC(=O)CN(c2cc(C)ccc2C)S(C)(=O)=O)cc1. The van der Waals surface area contributed by atoms with Crippen LogP contribution < -0.4 is 14.4 Å². The van der Waals surface area contributed by atoms with E-state index in [0.29, 0.717) is 11.6 Å². The summed E-state index contributed by atoms with van der Waals surface area (Å²) in [6.07, 6.45) is 1.86. The van der Waals surface area contributed by atoms with Gasteiger partial charge in [0.05, 0.1) is 25.1 Å². The minimum Gasteiger partial charge on any atom is -0.497 e. The van der Waals surface area contributed by atoms with Gasteiger partial charge < -0.3 is 10.1 Å². The molecule has 0 aliphatic carbocycles. The number of hydrogen-bond donors (Lipinski definition) is 1. The fourth-order valence-electron chi connectivity index (χ4n) is 3.33. The number of benzene rings is 2. The Hall–Kier alpha value is -2.54. The van der Waals surface area contributed by atoms with Crippen LogP contribution in [0.25, 0.3) is 0 Å². The van der Waals surface area contributed by atoms with Gasteiger partial charge in [-0.15, -0.1) is 0 Å². The van der Waals surface area contributed by atoms with Gasteiger partial charge in [-0.1, -0.05) is 38.1 Å². The second-order valence-electron chi connectivity index (χ2n) is 8.08. The van der Waals surface area contributed by atoms with Crippen LogP contribution in [-0.4, -0.2) is 34.2 Å². The number of anilines is 1. The first-order chi connectivity index (χ1) is 14.0. The number of aryl methyl sites for hydroxylation is 2. The summed E-state index contributed by atoms with van der Waals surface area (Å²) >= 11 is 0. The van der Waals surface area contributed by atoms with Crippen LogP contribution in [0.15, 0.2) is 42.5 Å². The summed E-state index contributed by atoms with van der Waals surface area (Å²) in [5.74, 6) is 0.747. The largest absolute Gasteiger partial charge is 0.497 e. The van der Waals surface area contributed by atoms with E-state index in [1.807, 2.05) is 50.2 Å². The van der Waals surface area contributed by atoms with Crippen molar-refractivity contribution in [3.05, 3.63) is 59.2 Å². The van der Waals surface area contributed by atoms with Crippen LogP contribution in [0.5, 0.6) is 5.75 Å². The number of ether oxygens (including phenoxy) is 1. The predicted molar refractivity (Wildman–Crippen MR) is 121 cm³/mol. The van der Waals surface area contributed by atoms with Crippen LogP contribution in [0.4, 0.5) is 5.69 Å². The van der Waals surface area contributed by atoms with Crippen LogP contribution in [0, 0.1) is 19.8 Å². The third kappa shape index (κ3) is 6.49. The number of hydrogen-bond acceptors (Lipinski definition) is 4. The fourth-order valence-corrected chi connectivity index (χ4v) is 4.23. The molecule has 0 bridgehead atoms. The molecule has 2 rings (SSSR count). The van der Waals surface area contributed by atoms with Gasteiger partial charge in [0.2, 0.25) is 15.9 Å². The summed E-state index contributed by atoms with van der Waals surface area (Å²) in [4.78, 5) is 12.9. The number of sulfonamides is 1. The first-order valence-corrected chi connectivity index (χ1v) is 11.8. The fraction of sp³-hybridized carbons (Fsp3) is 0.435. The van der Waals surface area contributed by atoms with Crippen molar-refractivity contribution in [2.45, 2.75) is 40.2 Å². The Balaban J connectivity index is 2.27. The highest BCUT2D eigenvalue weighted by Crippen LogP contribution is 2.26. The van der Waals surface area contributed by atoms with E-state index in [1.54, 1.807) is 13.2 Å². The molecule has 0 fully saturated rings. The minimum atomic E-state index is -3.63. The number of nitrogens with zero attached hydrogens (tertiary/aromatic N) is 1. The molecule has 2 aromatic rings. The maximum Gasteiger partial charge on any atom is 0.241 e. The smallest absolute Gasteiger partial charge is 0.241 e. The lowest BCUT2D eigenvalue weighted by Gasteiger charge is -2.26. The van der Waals surface area contributed by atoms with Crippen molar-refractivity contribution in [3.8, 4) is 5.75 Å². The zero-order chi connectivity index (χ0) is 22.5. The molecule has 1 amide bonds. The molecule has 2 aromatic carbocycles. The summed E-state index contributed by atoms with van der Waals surface area (Å²) < 4.78 is 31.3. The molecular weight excluding hydrogens is 400 g/mol. The average Bonchev–Trinajstić information content (AvgIpc) is 2.66. The molecule has 0 aromatic heterocycles. The Morgan fingerprint density at radius 3 is 2.27 bits per heavy atom. The van der Waals surface area contributed by atoms with Crippen LogP contribution in [-0.2, 0) is 14.8 Å². The van der Waals surface area contributed by atoms with Crippen molar-refractivity contribution in [2.75, 3.05) is 24.2 Å². The molecule has 0 heterocycles. The summed E-state index contributed by atoms with van der Waals surface area (Å²) in [5, 5.41) is 3.02. The van der Waals surface area contributed by atoms with Crippen LogP contribution in [0.2, 0.25) is 0 Å². The molecule has 1 N–H and O–H groups in total. The predicted octanol–water partition coefficient (Wildman–Crippen LogP) is 3.98. The summed E-state index contributed by atoms with van der Waals surface area (Å²) in [6.45, 7) is 7.63. The maximum absolute atomic E-state index is 12.9. The Labute approximate surface area is 180 Å². The van der Waals surface area contributed by atoms with Gasteiger partial charge in [-0.2, -0.15) is 0 Å². The van der Waals surface area contributed by atoms with Gasteiger partial charge in [0, 0.05) is 0 Å². The molecule has 7 heteroatoms. The van der Waals surface area contributed by atoms with E-state index in [1.165, 1.54) is 4.31 Å². The minimum absolute atomic E-state index is 0.219. The van der Waals surface area contributed by atoms with Gasteiger partial charge >= 0.3 is 0 Å². The quantitative estimate of drug-likeness (QED) is 0.650. The lowest BCUT2D eigenvalue weighted by atomic mass is 9.97. The topological polar surface area (TPSA) is 75.7 Å². The highest BCUT2D eigenvalue weighted by atomic mass is 32.2. The summed E-state index contributed by atoms with van der Waals surface area (Å²) in [7, 11) is -2.02. The molecule has 0 aliphatic heterocycles. The maximum atomic E-state index is 12.9. The molecule has 0 saturated carbocycles. The third-order valence-corrected chi connectivity index (χ3v) is 6.01. The number of amides is 1. The number of carbonyl (C=O) groups is 1. The zero-order valence-electron chi connectivity index (χ0n) is 18.6.